The maximum atomic E-state index is 13.4. The Morgan fingerprint density at radius 3 is 2.44 bits per heavy atom. The quantitative estimate of drug-likeness (QED) is 0.799. The predicted octanol–water partition coefficient (Wildman–Crippen LogP) is 4.51. The van der Waals surface area contributed by atoms with Crippen molar-refractivity contribution in [2.75, 3.05) is 13.2 Å². The number of alkyl halides is 2. The lowest BCUT2D eigenvalue weighted by Crippen LogP contribution is -2.28. The van der Waals surface area contributed by atoms with E-state index in [1.165, 1.54) is 18.6 Å². The van der Waals surface area contributed by atoms with Crippen molar-refractivity contribution in [1.29, 1.82) is 0 Å². The third kappa shape index (κ3) is 5.16. The van der Waals surface area contributed by atoms with E-state index in [4.69, 9.17) is 9.47 Å². The zero-order valence-electron chi connectivity index (χ0n) is 14.3. The Morgan fingerprint density at radius 1 is 1.08 bits per heavy atom. The molecule has 25 heavy (non-hydrogen) atoms. The Kier molecular flexibility index (Phi) is 5.53. The number of hydrogen-bond acceptors (Lipinski definition) is 3. The fraction of sp³-hybridized carbons (Fsp3) is 0.400. The lowest BCUT2D eigenvalue weighted by Gasteiger charge is -2.13. The molecule has 1 heterocycles. The molecule has 1 N–H and O–H groups in total. The van der Waals surface area contributed by atoms with E-state index in [2.05, 4.69) is 5.32 Å². The van der Waals surface area contributed by atoms with Crippen molar-refractivity contribution < 1.29 is 18.3 Å². The number of benzene rings is 2. The molecule has 0 amide bonds. The summed E-state index contributed by atoms with van der Waals surface area (Å²) in [5, 5.41) is 3.39. The van der Waals surface area contributed by atoms with Crippen LogP contribution in [0.15, 0.2) is 48.5 Å². The van der Waals surface area contributed by atoms with Crippen molar-refractivity contribution in [2.24, 2.45) is 0 Å². The van der Waals surface area contributed by atoms with E-state index >= 15 is 0 Å². The molecule has 0 spiro atoms. The van der Waals surface area contributed by atoms with Crippen LogP contribution in [0.4, 0.5) is 8.78 Å². The van der Waals surface area contributed by atoms with Gasteiger partial charge in [-0.25, -0.2) is 8.78 Å². The number of ether oxygens (including phenoxy) is 2. The summed E-state index contributed by atoms with van der Waals surface area (Å²) in [4.78, 5) is 0. The van der Waals surface area contributed by atoms with Crippen molar-refractivity contribution in [2.45, 2.75) is 38.3 Å². The van der Waals surface area contributed by atoms with Gasteiger partial charge in [0.05, 0.1) is 0 Å². The van der Waals surface area contributed by atoms with Crippen molar-refractivity contribution >= 4 is 0 Å². The number of hydrogen-bond donors (Lipinski definition) is 1. The normalized spacial score (nSPS) is 17.5. The standard InChI is InChI=1S/C20H23F2NO2/c1-20(21,22)16-5-2-4-15(12-16)13-24-18-7-9-19(10-8-18)25-14-17-6-3-11-23-17/h2,4-5,7-10,12,17,23H,3,6,11,13-14H2,1H3. The van der Waals surface area contributed by atoms with Gasteiger partial charge in [-0.05, 0) is 55.3 Å². The van der Waals surface area contributed by atoms with Gasteiger partial charge in [0.15, 0.2) is 0 Å². The SMILES string of the molecule is CC(F)(F)c1cccc(COc2ccc(OCC3CCCN3)cc2)c1. The highest BCUT2D eigenvalue weighted by Crippen LogP contribution is 2.27. The molecule has 1 saturated heterocycles. The molecule has 1 aliphatic heterocycles. The zero-order chi connectivity index (χ0) is 17.7. The summed E-state index contributed by atoms with van der Waals surface area (Å²) < 4.78 is 38.2. The summed E-state index contributed by atoms with van der Waals surface area (Å²) >= 11 is 0. The van der Waals surface area contributed by atoms with Gasteiger partial charge in [-0.1, -0.05) is 18.2 Å². The van der Waals surface area contributed by atoms with Gasteiger partial charge >= 0.3 is 0 Å². The van der Waals surface area contributed by atoms with Crippen LogP contribution in [0.3, 0.4) is 0 Å². The maximum absolute atomic E-state index is 13.4. The second-order valence-corrected chi connectivity index (χ2v) is 6.45. The van der Waals surface area contributed by atoms with Crippen LogP contribution in [0, 0.1) is 0 Å². The van der Waals surface area contributed by atoms with E-state index in [1.54, 1.807) is 12.1 Å². The molecule has 5 heteroatoms. The summed E-state index contributed by atoms with van der Waals surface area (Å²) in [6.45, 7) is 2.87. The van der Waals surface area contributed by atoms with E-state index in [-0.39, 0.29) is 12.2 Å². The molecule has 3 rings (SSSR count). The molecule has 134 valence electrons. The van der Waals surface area contributed by atoms with Gasteiger partial charge in [-0.3, -0.25) is 0 Å². The minimum atomic E-state index is -2.84. The van der Waals surface area contributed by atoms with Crippen LogP contribution in [-0.4, -0.2) is 19.2 Å². The molecule has 0 radical (unpaired) electrons. The summed E-state index contributed by atoms with van der Waals surface area (Å²) in [7, 11) is 0. The van der Waals surface area contributed by atoms with Crippen LogP contribution in [0.5, 0.6) is 11.5 Å². The molecule has 2 aromatic carbocycles. The Labute approximate surface area is 147 Å². The molecule has 1 atom stereocenters. The van der Waals surface area contributed by atoms with Crippen LogP contribution >= 0.6 is 0 Å². The summed E-state index contributed by atoms with van der Waals surface area (Å²) in [5.74, 6) is -1.36. The molecular formula is C20H23F2NO2. The van der Waals surface area contributed by atoms with E-state index in [0.717, 1.165) is 25.6 Å². The third-order valence-electron chi connectivity index (χ3n) is 4.28. The molecule has 1 unspecified atom stereocenters. The lowest BCUT2D eigenvalue weighted by molar-refractivity contribution is 0.0173. The van der Waals surface area contributed by atoms with Crippen LogP contribution in [0.25, 0.3) is 0 Å². The van der Waals surface area contributed by atoms with Crippen molar-refractivity contribution in [3.63, 3.8) is 0 Å². The summed E-state index contributed by atoms with van der Waals surface area (Å²) in [5.41, 5.74) is 0.713. The van der Waals surface area contributed by atoms with Gasteiger partial charge in [0.25, 0.3) is 5.92 Å². The zero-order valence-corrected chi connectivity index (χ0v) is 14.3. The molecule has 2 aromatic rings. The highest BCUT2D eigenvalue weighted by Gasteiger charge is 2.24. The first-order chi connectivity index (χ1) is 12.0. The first-order valence-corrected chi connectivity index (χ1v) is 8.57. The van der Waals surface area contributed by atoms with Gasteiger partial charge in [-0.15, -0.1) is 0 Å². The summed E-state index contributed by atoms with van der Waals surface area (Å²) in [6.07, 6.45) is 2.35. The van der Waals surface area contributed by atoms with E-state index < -0.39 is 5.92 Å². The lowest BCUT2D eigenvalue weighted by atomic mass is 10.1. The van der Waals surface area contributed by atoms with Crippen LogP contribution < -0.4 is 14.8 Å². The minimum Gasteiger partial charge on any atom is -0.492 e. The second kappa shape index (κ2) is 7.83. The second-order valence-electron chi connectivity index (χ2n) is 6.45. The molecule has 0 aliphatic carbocycles. The minimum absolute atomic E-state index is 0.00197. The molecule has 0 aromatic heterocycles. The number of nitrogens with one attached hydrogen (secondary N) is 1. The van der Waals surface area contributed by atoms with Gasteiger partial charge in [-0.2, -0.15) is 0 Å². The van der Waals surface area contributed by atoms with Crippen molar-refractivity contribution in [1.82, 2.24) is 5.32 Å². The number of halogens is 2. The van der Waals surface area contributed by atoms with E-state index in [1.807, 2.05) is 24.3 Å². The Hall–Kier alpha value is -2.14. The van der Waals surface area contributed by atoms with E-state index in [9.17, 15) is 8.78 Å². The first-order valence-electron chi connectivity index (χ1n) is 8.57. The highest BCUT2D eigenvalue weighted by atomic mass is 19.3. The molecule has 3 nitrogen and oxygen atoms in total. The molecular weight excluding hydrogens is 324 g/mol. The molecule has 1 fully saturated rings. The first kappa shape index (κ1) is 17.7. The van der Waals surface area contributed by atoms with Gasteiger partial charge in [0, 0.05) is 18.5 Å². The Morgan fingerprint density at radius 2 is 1.80 bits per heavy atom. The Balaban J connectivity index is 1.51. The highest BCUT2D eigenvalue weighted by molar-refractivity contribution is 5.32. The van der Waals surface area contributed by atoms with E-state index in [0.29, 0.717) is 24.0 Å². The largest absolute Gasteiger partial charge is 0.492 e. The van der Waals surface area contributed by atoms with Crippen molar-refractivity contribution in [3.8, 4) is 11.5 Å². The van der Waals surface area contributed by atoms with Crippen molar-refractivity contribution in [3.05, 3.63) is 59.7 Å². The summed E-state index contributed by atoms with van der Waals surface area (Å²) in [6, 6.07) is 14.1. The van der Waals surface area contributed by atoms with Gasteiger partial charge in [0.1, 0.15) is 24.7 Å². The molecule has 0 saturated carbocycles. The molecule has 0 bridgehead atoms. The predicted molar refractivity (Wildman–Crippen MR) is 93.3 cm³/mol. The fourth-order valence-electron chi connectivity index (χ4n) is 2.83. The van der Waals surface area contributed by atoms with Crippen LogP contribution in [-0.2, 0) is 12.5 Å². The fourth-order valence-corrected chi connectivity index (χ4v) is 2.83. The molecule has 1 aliphatic rings. The van der Waals surface area contributed by atoms with Crippen LogP contribution in [0.2, 0.25) is 0 Å². The van der Waals surface area contributed by atoms with Gasteiger partial charge in [0.2, 0.25) is 0 Å². The third-order valence-corrected chi connectivity index (χ3v) is 4.28. The monoisotopic (exact) mass is 347 g/mol. The average Bonchev–Trinajstić information content (AvgIpc) is 3.12. The van der Waals surface area contributed by atoms with Gasteiger partial charge < -0.3 is 14.8 Å². The Bertz CT molecular complexity index is 677. The maximum Gasteiger partial charge on any atom is 0.270 e. The number of rotatable bonds is 7. The smallest absolute Gasteiger partial charge is 0.270 e. The topological polar surface area (TPSA) is 30.5 Å². The van der Waals surface area contributed by atoms with Crippen LogP contribution in [0.1, 0.15) is 30.9 Å². The average molecular weight is 347 g/mol.